The predicted molar refractivity (Wildman–Crippen MR) is 273 cm³/mol. The summed E-state index contributed by atoms with van der Waals surface area (Å²) in [4.78, 5) is 2.26. The van der Waals surface area contributed by atoms with E-state index in [0.717, 1.165) is 61.3 Å². The van der Waals surface area contributed by atoms with Gasteiger partial charge in [0, 0.05) is 50.0 Å². The molecule has 0 N–H and O–H groups in total. The van der Waals surface area contributed by atoms with Gasteiger partial charge in [-0.2, -0.15) is 0 Å². The quantitative estimate of drug-likeness (QED) is 0.104. The summed E-state index contributed by atoms with van der Waals surface area (Å²) in [6.07, 6.45) is 0. The van der Waals surface area contributed by atoms with Crippen molar-refractivity contribution in [2.45, 2.75) is 0 Å². The van der Waals surface area contributed by atoms with Crippen molar-refractivity contribution < 1.29 is 4.39 Å². The van der Waals surface area contributed by atoms with Crippen LogP contribution in [0.5, 0.6) is 0 Å². The van der Waals surface area contributed by atoms with E-state index in [1.807, 2.05) is 12.1 Å². The minimum absolute atomic E-state index is 0.271. The van der Waals surface area contributed by atoms with Crippen molar-refractivity contribution in [3.63, 3.8) is 0 Å². The molecule has 0 aliphatic heterocycles. The lowest BCUT2D eigenvalue weighted by atomic mass is 10.1. The molecule has 0 bridgehead atoms. The van der Waals surface area contributed by atoms with Gasteiger partial charge in [0.25, 0.3) is 0 Å². The summed E-state index contributed by atoms with van der Waals surface area (Å²) in [7, 11) is -2.85. The zero-order valence-electron chi connectivity index (χ0n) is 35.5. The maximum absolute atomic E-state index is 14.7. The summed E-state index contributed by atoms with van der Waals surface area (Å²) in [6, 6.07) is 90.6. The third-order valence-electron chi connectivity index (χ3n) is 13.1. The highest BCUT2D eigenvalue weighted by atomic mass is 28.3. The Kier molecular flexibility index (Phi) is 9.36. The van der Waals surface area contributed by atoms with Crippen LogP contribution in [0.4, 0.5) is 21.5 Å². The maximum Gasteiger partial charge on any atom is 0.179 e. The van der Waals surface area contributed by atoms with Gasteiger partial charge in [0.2, 0.25) is 0 Å². The van der Waals surface area contributed by atoms with E-state index in [2.05, 4.69) is 245 Å². The Balaban J connectivity index is 1.13. The first-order chi connectivity index (χ1) is 32.2. The molecule has 0 saturated carbocycles. The molecule has 12 rings (SSSR count). The molecule has 2 aromatic heterocycles. The van der Waals surface area contributed by atoms with Crippen LogP contribution in [0.2, 0.25) is 0 Å². The van der Waals surface area contributed by atoms with Crippen molar-refractivity contribution in [3.8, 4) is 11.4 Å². The molecule has 2 heterocycles. The zero-order chi connectivity index (χ0) is 43.3. The average molecular weight is 852 g/mol. The summed E-state index contributed by atoms with van der Waals surface area (Å²) in [6.45, 7) is 0. The van der Waals surface area contributed by atoms with Gasteiger partial charge in [0.1, 0.15) is 5.82 Å². The van der Waals surface area contributed by atoms with Crippen molar-refractivity contribution in [2.24, 2.45) is 0 Å². The molecule has 3 nitrogen and oxygen atoms in total. The lowest BCUT2D eigenvalue weighted by molar-refractivity contribution is 0.628. The number of hydrogen-bond acceptors (Lipinski definition) is 1. The van der Waals surface area contributed by atoms with Gasteiger partial charge in [-0.3, -0.25) is 0 Å². The van der Waals surface area contributed by atoms with Crippen LogP contribution >= 0.6 is 0 Å². The van der Waals surface area contributed by atoms with Crippen molar-refractivity contribution in [3.05, 3.63) is 261 Å². The van der Waals surface area contributed by atoms with E-state index in [1.54, 1.807) is 12.1 Å². The van der Waals surface area contributed by atoms with Crippen LogP contribution in [0, 0.1) is 5.82 Å². The van der Waals surface area contributed by atoms with Crippen LogP contribution in [-0.2, 0) is 0 Å². The first kappa shape index (κ1) is 38.4. The highest BCUT2D eigenvalue weighted by Crippen LogP contribution is 2.42. The Labute approximate surface area is 378 Å². The van der Waals surface area contributed by atoms with Crippen LogP contribution in [0.25, 0.3) is 55.0 Å². The molecule has 0 fully saturated rings. The fraction of sp³-hybridized carbons (Fsp3) is 0. The molecular weight excluding hydrogens is 810 g/mol. The van der Waals surface area contributed by atoms with E-state index >= 15 is 0 Å². The lowest BCUT2D eigenvalue weighted by Crippen LogP contribution is -2.74. The fourth-order valence-electron chi connectivity index (χ4n) is 10.3. The molecule has 0 aliphatic rings. The van der Waals surface area contributed by atoms with Crippen molar-refractivity contribution in [1.82, 2.24) is 9.13 Å². The number of benzene rings is 10. The summed E-state index contributed by atoms with van der Waals surface area (Å²) >= 11 is 0. The third-order valence-corrected chi connectivity index (χ3v) is 17.9. The first-order valence-electron chi connectivity index (χ1n) is 22.1. The van der Waals surface area contributed by atoms with Gasteiger partial charge < -0.3 is 14.0 Å². The topological polar surface area (TPSA) is 13.1 Å². The van der Waals surface area contributed by atoms with Gasteiger partial charge >= 0.3 is 0 Å². The number of halogens is 1. The highest BCUT2D eigenvalue weighted by Gasteiger charge is 2.41. The minimum atomic E-state index is -2.85. The number of nitrogens with zero attached hydrogens (tertiary/aromatic N) is 3. The largest absolute Gasteiger partial charge is 0.310 e. The zero-order valence-corrected chi connectivity index (χ0v) is 36.5. The Morgan fingerprint density at radius 1 is 0.292 bits per heavy atom. The van der Waals surface area contributed by atoms with Crippen LogP contribution < -0.4 is 25.6 Å². The first-order valence-corrected chi connectivity index (χ1v) is 24.1. The summed E-state index contributed by atoms with van der Waals surface area (Å²) < 4.78 is 19.5. The number of aromatic nitrogens is 2. The molecule has 0 aliphatic carbocycles. The summed E-state index contributed by atoms with van der Waals surface area (Å²) in [5, 5.41) is 9.91. The number of fused-ring (bicyclic) bond motifs is 6. The monoisotopic (exact) mass is 851 g/mol. The number of anilines is 3. The van der Waals surface area contributed by atoms with Crippen LogP contribution in [-0.4, -0.2) is 17.2 Å². The van der Waals surface area contributed by atoms with E-state index in [1.165, 1.54) is 31.5 Å². The standard InChI is InChI=1S/C60H42FN3Si/c61-43-30-32-46(33-31-43)62(47-34-37-58-54(40-47)53-28-16-17-29-57(53)63(58)44-18-6-1-7-19-44)48-35-38-59-55(41-48)56-42-52(36-39-60(56)64(59)45-20-8-2-9-21-45)65(49-22-10-3-11-23-49,50-24-12-4-13-25-50)51-26-14-5-15-27-51/h1-42H. The van der Waals surface area contributed by atoms with Crippen molar-refractivity contribution in [2.75, 3.05) is 4.90 Å². The van der Waals surface area contributed by atoms with Crippen molar-refractivity contribution in [1.29, 1.82) is 0 Å². The van der Waals surface area contributed by atoms with Crippen LogP contribution in [0.1, 0.15) is 0 Å². The Hall–Kier alpha value is -8.25. The predicted octanol–water partition coefficient (Wildman–Crippen LogP) is 12.9. The Morgan fingerprint density at radius 2 is 0.662 bits per heavy atom. The summed E-state index contributed by atoms with van der Waals surface area (Å²) in [5.74, 6) is -0.271. The molecule has 0 spiro atoms. The van der Waals surface area contributed by atoms with Crippen molar-refractivity contribution >= 4 is 89.5 Å². The molecule has 12 aromatic rings. The Bertz CT molecular complexity index is 3550. The van der Waals surface area contributed by atoms with E-state index in [-0.39, 0.29) is 5.82 Å². The molecule has 0 unspecified atom stereocenters. The molecule has 10 aromatic carbocycles. The van der Waals surface area contributed by atoms with E-state index in [0.29, 0.717) is 0 Å². The molecule has 0 saturated heterocycles. The molecule has 0 radical (unpaired) electrons. The minimum Gasteiger partial charge on any atom is -0.310 e. The molecule has 0 amide bonds. The third kappa shape index (κ3) is 6.31. The summed E-state index contributed by atoms with van der Waals surface area (Å²) in [5.41, 5.74) is 9.55. The molecule has 308 valence electrons. The molecule has 65 heavy (non-hydrogen) atoms. The lowest BCUT2D eigenvalue weighted by Gasteiger charge is -2.34. The number of hydrogen-bond donors (Lipinski definition) is 0. The molecule has 5 heteroatoms. The fourth-order valence-corrected chi connectivity index (χ4v) is 15.1. The second-order valence-corrected chi connectivity index (χ2v) is 20.5. The second kappa shape index (κ2) is 15.8. The van der Waals surface area contributed by atoms with Gasteiger partial charge in [0.05, 0.1) is 22.1 Å². The molecule has 0 atom stereocenters. The van der Waals surface area contributed by atoms with Gasteiger partial charge in [-0.1, -0.05) is 158 Å². The average Bonchev–Trinajstić information content (AvgIpc) is 3.88. The normalized spacial score (nSPS) is 11.8. The van der Waals surface area contributed by atoms with Gasteiger partial charge in [-0.05, 0) is 118 Å². The van der Waals surface area contributed by atoms with Crippen LogP contribution in [0.15, 0.2) is 255 Å². The smallest absolute Gasteiger partial charge is 0.179 e. The second-order valence-electron chi connectivity index (χ2n) is 16.7. The number of rotatable bonds is 9. The van der Waals surface area contributed by atoms with E-state index < -0.39 is 8.07 Å². The molecular formula is C60H42FN3Si. The van der Waals surface area contributed by atoms with E-state index in [4.69, 9.17) is 0 Å². The highest BCUT2D eigenvalue weighted by molar-refractivity contribution is 7.20. The van der Waals surface area contributed by atoms with E-state index in [9.17, 15) is 4.39 Å². The van der Waals surface area contributed by atoms with Gasteiger partial charge in [-0.15, -0.1) is 0 Å². The van der Waals surface area contributed by atoms with Gasteiger partial charge in [-0.25, -0.2) is 4.39 Å². The Morgan fingerprint density at radius 3 is 1.15 bits per heavy atom. The SMILES string of the molecule is Fc1ccc(N(c2ccc3c(c2)c2ccccc2n3-c2ccccc2)c2ccc3c(c2)c2cc([Si](c4ccccc4)(c4ccccc4)c4ccccc4)ccc2n3-c2ccccc2)cc1. The van der Waals surface area contributed by atoms with Gasteiger partial charge in [0.15, 0.2) is 8.07 Å². The number of para-hydroxylation sites is 3. The maximum atomic E-state index is 14.7. The van der Waals surface area contributed by atoms with Crippen LogP contribution in [0.3, 0.4) is 0 Å².